The van der Waals surface area contributed by atoms with E-state index in [1.54, 1.807) is 18.0 Å². The molecule has 1 aliphatic heterocycles. The van der Waals surface area contributed by atoms with Crippen LogP contribution in [-0.4, -0.2) is 41.5 Å². The van der Waals surface area contributed by atoms with Crippen LogP contribution in [-0.2, 0) is 10.2 Å². The van der Waals surface area contributed by atoms with Gasteiger partial charge in [0.15, 0.2) is 5.16 Å². The summed E-state index contributed by atoms with van der Waals surface area (Å²) >= 11 is 7.82. The molecule has 5 nitrogen and oxygen atoms in total. The van der Waals surface area contributed by atoms with Crippen LogP contribution in [0.25, 0.3) is 5.69 Å². The van der Waals surface area contributed by atoms with Crippen LogP contribution in [0.1, 0.15) is 28.8 Å². The maximum absolute atomic E-state index is 12.9. The van der Waals surface area contributed by atoms with Gasteiger partial charge in [-0.3, -0.25) is 9.36 Å². The van der Waals surface area contributed by atoms with Crippen molar-refractivity contribution < 1.29 is 9.53 Å². The number of halogens is 1. The molecule has 1 amide bonds. The fourth-order valence-electron chi connectivity index (χ4n) is 3.91. The summed E-state index contributed by atoms with van der Waals surface area (Å²) < 4.78 is 7.58. The summed E-state index contributed by atoms with van der Waals surface area (Å²) in [6.45, 7) is 1.91. The van der Waals surface area contributed by atoms with Gasteiger partial charge in [-0.15, -0.1) is 0 Å². The van der Waals surface area contributed by atoms with Crippen LogP contribution in [0.2, 0.25) is 5.02 Å². The first-order valence-corrected chi connectivity index (χ1v) is 11.5. The number of aromatic nitrogens is 2. The molecule has 1 aliphatic rings. The van der Waals surface area contributed by atoms with E-state index in [2.05, 4.69) is 16.4 Å². The summed E-state index contributed by atoms with van der Waals surface area (Å²) in [5.74, 6) is -0.0785. The van der Waals surface area contributed by atoms with Crippen LogP contribution < -0.4 is 5.32 Å². The minimum atomic E-state index is -0.164. The first-order chi connectivity index (χ1) is 14.6. The van der Waals surface area contributed by atoms with Crippen molar-refractivity contribution in [1.29, 1.82) is 0 Å². The number of hydrogen-bond donors (Lipinski definition) is 1. The molecule has 7 heteroatoms. The third-order valence-corrected chi connectivity index (χ3v) is 6.57. The largest absolute Gasteiger partial charge is 0.381 e. The highest BCUT2D eigenvalue weighted by atomic mass is 35.5. The first-order valence-electron chi connectivity index (χ1n) is 9.91. The Kier molecular flexibility index (Phi) is 6.46. The van der Waals surface area contributed by atoms with Crippen molar-refractivity contribution in [3.05, 3.63) is 77.1 Å². The average Bonchev–Trinajstić information content (AvgIpc) is 3.27. The summed E-state index contributed by atoms with van der Waals surface area (Å²) in [7, 11) is 0. The van der Waals surface area contributed by atoms with Gasteiger partial charge in [0.25, 0.3) is 5.91 Å². The monoisotopic (exact) mass is 441 g/mol. The third kappa shape index (κ3) is 4.41. The van der Waals surface area contributed by atoms with E-state index >= 15 is 0 Å². The lowest BCUT2D eigenvalue weighted by atomic mass is 9.74. The number of nitrogens with one attached hydrogen (secondary N) is 1. The van der Waals surface area contributed by atoms with E-state index in [-0.39, 0.29) is 11.3 Å². The van der Waals surface area contributed by atoms with Gasteiger partial charge >= 0.3 is 0 Å². The lowest BCUT2D eigenvalue weighted by Gasteiger charge is -2.38. The summed E-state index contributed by atoms with van der Waals surface area (Å²) in [5, 5.41) is 4.77. The molecule has 1 N–H and O–H groups in total. The van der Waals surface area contributed by atoms with E-state index in [1.165, 1.54) is 0 Å². The topological polar surface area (TPSA) is 56.2 Å². The van der Waals surface area contributed by atoms with Gasteiger partial charge in [-0.1, -0.05) is 35.5 Å². The van der Waals surface area contributed by atoms with Crippen LogP contribution in [0.4, 0.5) is 0 Å². The third-order valence-electron chi connectivity index (χ3n) is 5.67. The van der Waals surface area contributed by atoms with E-state index in [0.29, 0.717) is 30.3 Å². The molecule has 3 aromatic rings. The number of amides is 1. The molecule has 0 atom stereocenters. The highest BCUT2D eigenvalue weighted by molar-refractivity contribution is 7.98. The molecule has 30 heavy (non-hydrogen) atoms. The second kappa shape index (κ2) is 9.25. The summed E-state index contributed by atoms with van der Waals surface area (Å²) in [4.78, 5) is 17.2. The van der Waals surface area contributed by atoms with Gasteiger partial charge in [0.2, 0.25) is 0 Å². The second-order valence-corrected chi connectivity index (χ2v) is 8.63. The number of imidazole rings is 1. The van der Waals surface area contributed by atoms with Crippen molar-refractivity contribution in [2.75, 3.05) is 26.0 Å². The fraction of sp³-hybridized carbons (Fsp3) is 0.304. The van der Waals surface area contributed by atoms with Gasteiger partial charge in [-0.25, -0.2) is 4.98 Å². The Bertz CT molecular complexity index is 1010. The quantitative estimate of drug-likeness (QED) is 0.562. The molecule has 0 unspecified atom stereocenters. The van der Waals surface area contributed by atoms with E-state index in [4.69, 9.17) is 16.3 Å². The van der Waals surface area contributed by atoms with E-state index in [9.17, 15) is 4.79 Å². The van der Waals surface area contributed by atoms with E-state index in [1.807, 2.05) is 59.5 Å². The van der Waals surface area contributed by atoms with Crippen LogP contribution >= 0.6 is 23.4 Å². The van der Waals surface area contributed by atoms with Crippen LogP contribution in [0.5, 0.6) is 0 Å². The lowest BCUT2D eigenvalue weighted by molar-refractivity contribution is 0.0487. The highest BCUT2D eigenvalue weighted by Crippen LogP contribution is 2.35. The zero-order valence-corrected chi connectivity index (χ0v) is 18.4. The highest BCUT2D eigenvalue weighted by Gasteiger charge is 2.35. The smallest absolute Gasteiger partial charge is 0.251 e. The van der Waals surface area contributed by atoms with Gasteiger partial charge in [0.1, 0.15) is 0 Å². The summed E-state index contributed by atoms with van der Waals surface area (Å²) in [6.07, 6.45) is 7.39. The maximum Gasteiger partial charge on any atom is 0.251 e. The molecule has 0 bridgehead atoms. The number of benzene rings is 2. The molecule has 0 spiro atoms. The Morgan fingerprint density at radius 2 is 2.00 bits per heavy atom. The molecule has 0 radical (unpaired) electrons. The van der Waals surface area contributed by atoms with Gasteiger partial charge < -0.3 is 10.1 Å². The van der Waals surface area contributed by atoms with Crippen LogP contribution in [0.3, 0.4) is 0 Å². The number of nitrogens with zero attached hydrogens (tertiary/aromatic N) is 2. The second-order valence-electron chi connectivity index (χ2n) is 7.42. The molecule has 1 saturated heterocycles. The minimum Gasteiger partial charge on any atom is -0.381 e. The van der Waals surface area contributed by atoms with Crippen LogP contribution in [0.15, 0.2) is 66.1 Å². The molecular formula is C23H24ClN3O2S. The van der Waals surface area contributed by atoms with Crippen molar-refractivity contribution >= 4 is 29.3 Å². The van der Waals surface area contributed by atoms with Crippen LogP contribution in [0, 0.1) is 0 Å². The zero-order valence-electron chi connectivity index (χ0n) is 16.8. The van der Waals surface area contributed by atoms with Crippen molar-refractivity contribution in [2.45, 2.75) is 23.4 Å². The molecule has 2 aromatic carbocycles. The predicted octanol–water partition coefficient (Wildman–Crippen LogP) is 4.73. The van der Waals surface area contributed by atoms with Crippen molar-refractivity contribution in [3.63, 3.8) is 0 Å². The number of thioether (sulfide) groups is 1. The van der Waals surface area contributed by atoms with E-state index < -0.39 is 0 Å². The molecule has 4 rings (SSSR count). The maximum atomic E-state index is 12.9. The fourth-order valence-corrected chi connectivity index (χ4v) is 4.63. The van der Waals surface area contributed by atoms with Crippen molar-refractivity contribution in [3.8, 4) is 5.69 Å². The number of carbonyl (C=O) groups excluding carboxylic acids is 1. The summed E-state index contributed by atoms with van der Waals surface area (Å²) in [6, 6.07) is 15.5. The molecule has 156 valence electrons. The number of hydrogen-bond acceptors (Lipinski definition) is 4. The molecular weight excluding hydrogens is 418 g/mol. The lowest BCUT2D eigenvalue weighted by Crippen LogP contribution is -2.44. The Balaban J connectivity index is 1.48. The number of carbonyl (C=O) groups is 1. The van der Waals surface area contributed by atoms with E-state index in [0.717, 1.165) is 29.2 Å². The van der Waals surface area contributed by atoms with Crippen molar-refractivity contribution in [1.82, 2.24) is 14.9 Å². The zero-order chi connectivity index (χ0) is 21.0. The summed E-state index contributed by atoms with van der Waals surface area (Å²) in [5.41, 5.74) is 2.60. The van der Waals surface area contributed by atoms with Crippen molar-refractivity contribution in [2.24, 2.45) is 0 Å². The molecule has 1 aromatic heterocycles. The normalized spacial score (nSPS) is 15.7. The standard InChI is InChI=1S/C23H24ClN3O2S/c1-30-22-25-11-12-27(22)20-7-5-17(6-8-20)21(28)26-16-23(9-13-29-14-10-23)18-3-2-4-19(24)15-18/h2-8,11-12,15H,9-10,13-14,16H2,1H3,(H,26,28). The number of rotatable bonds is 6. The molecule has 1 fully saturated rings. The molecule has 0 saturated carbocycles. The molecule has 0 aliphatic carbocycles. The Morgan fingerprint density at radius 3 is 2.70 bits per heavy atom. The van der Waals surface area contributed by atoms with Gasteiger partial charge in [0, 0.05) is 53.8 Å². The first kappa shape index (κ1) is 21.0. The SMILES string of the molecule is CSc1nccn1-c1ccc(C(=O)NCC2(c3cccc(Cl)c3)CCOCC2)cc1. The molecule has 2 heterocycles. The predicted molar refractivity (Wildman–Crippen MR) is 121 cm³/mol. The van der Waals surface area contributed by atoms with Gasteiger partial charge in [0.05, 0.1) is 0 Å². The average molecular weight is 442 g/mol. The minimum absolute atomic E-state index is 0.0785. The Labute approximate surface area is 185 Å². The van der Waals surface area contributed by atoms with Gasteiger partial charge in [-0.05, 0) is 61.1 Å². The number of ether oxygens (including phenoxy) is 1. The van der Waals surface area contributed by atoms with Gasteiger partial charge in [-0.2, -0.15) is 0 Å². The Morgan fingerprint density at radius 1 is 1.23 bits per heavy atom. The Hall–Kier alpha value is -2.28.